The van der Waals surface area contributed by atoms with Gasteiger partial charge >= 0.3 is 0 Å². The Kier molecular flexibility index (Phi) is 5.17. The van der Waals surface area contributed by atoms with Crippen LogP contribution in [-0.2, 0) is 26.4 Å². The number of nitrogens with zero attached hydrogens (tertiary/aromatic N) is 4. The molecule has 1 saturated heterocycles. The van der Waals surface area contributed by atoms with E-state index in [1.807, 2.05) is 31.4 Å². The number of para-hydroxylation sites is 1. The van der Waals surface area contributed by atoms with E-state index in [-0.39, 0.29) is 12.0 Å². The van der Waals surface area contributed by atoms with E-state index in [2.05, 4.69) is 34.0 Å². The average molecular weight is 385 g/mol. The van der Waals surface area contributed by atoms with E-state index in [9.17, 15) is 5.11 Å². The van der Waals surface area contributed by atoms with Crippen molar-refractivity contribution in [2.45, 2.75) is 32.4 Å². The van der Waals surface area contributed by atoms with Gasteiger partial charge in [0.05, 0.1) is 17.3 Å². The van der Waals surface area contributed by atoms with Crippen molar-refractivity contribution in [3.63, 3.8) is 0 Å². The molecule has 1 N–H and O–H groups in total. The fourth-order valence-corrected chi connectivity index (χ4v) is 4.36. The number of aryl methyl sites for hydroxylation is 2. The van der Waals surface area contributed by atoms with Crippen LogP contribution in [0.25, 0.3) is 10.9 Å². The molecule has 0 spiro atoms. The lowest BCUT2D eigenvalue weighted by molar-refractivity contribution is 0.141. The Morgan fingerprint density at radius 2 is 2.04 bits per heavy atom. The summed E-state index contributed by atoms with van der Waals surface area (Å²) in [5, 5.41) is 17.0. The van der Waals surface area contributed by atoms with Crippen molar-refractivity contribution in [3.8, 4) is 0 Å². The van der Waals surface area contributed by atoms with Gasteiger partial charge in [0.15, 0.2) is 0 Å². The standard InChI is InChI=1S/C21H25ClN4O/c1-3-18-17(21(22)25(2)24-18)12-26-11-15(20(27)13-26)10-14-8-9-23-19-7-5-4-6-16(14)19/h4-9,15,20,27H,3,10-13H2,1-2H3/t15-,20-/m1/s1. The number of fused-ring (bicyclic) bond motifs is 1. The summed E-state index contributed by atoms with van der Waals surface area (Å²) < 4.78 is 1.74. The van der Waals surface area contributed by atoms with Crippen LogP contribution in [0, 0.1) is 5.92 Å². The molecule has 1 aromatic carbocycles. The second-order valence-electron chi connectivity index (χ2n) is 7.41. The summed E-state index contributed by atoms with van der Waals surface area (Å²) in [7, 11) is 1.88. The molecule has 4 rings (SSSR count). The first-order valence-electron chi connectivity index (χ1n) is 9.50. The van der Waals surface area contributed by atoms with Gasteiger partial charge in [0.1, 0.15) is 5.15 Å². The first kappa shape index (κ1) is 18.4. The average Bonchev–Trinajstić information content (AvgIpc) is 3.16. The number of hydrogen-bond acceptors (Lipinski definition) is 4. The van der Waals surface area contributed by atoms with Crippen molar-refractivity contribution in [1.82, 2.24) is 19.7 Å². The maximum atomic E-state index is 10.7. The number of halogens is 1. The van der Waals surface area contributed by atoms with Crippen molar-refractivity contribution >= 4 is 22.5 Å². The third-order valence-electron chi connectivity index (χ3n) is 5.57. The molecule has 3 heterocycles. The highest BCUT2D eigenvalue weighted by Crippen LogP contribution is 2.28. The van der Waals surface area contributed by atoms with E-state index in [1.54, 1.807) is 4.68 Å². The van der Waals surface area contributed by atoms with Crippen LogP contribution in [0.15, 0.2) is 36.5 Å². The largest absolute Gasteiger partial charge is 0.391 e. The van der Waals surface area contributed by atoms with Crippen LogP contribution in [0.1, 0.15) is 23.7 Å². The number of aliphatic hydroxyl groups excluding tert-OH is 1. The maximum absolute atomic E-state index is 10.7. The van der Waals surface area contributed by atoms with E-state index in [0.717, 1.165) is 42.7 Å². The number of β-amino-alcohol motifs (C(OH)–C–C–N with tert-alkyl or cyclic N) is 1. The van der Waals surface area contributed by atoms with Crippen LogP contribution in [-0.4, -0.2) is 44.0 Å². The lowest BCUT2D eigenvalue weighted by Gasteiger charge is -2.16. The number of benzene rings is 1. The first-order valence-corrected chi connectivity index (χ1v) is 9.88. The Bertz CT molecular complexity index is 949. The lowest BCUT2D eigenvalue weighted by atomic mass is 9.94. The minimum atomic E-state index is -0.336. The zero-order valence-electron chi connectivity index (χ0n) is 15.8. The summed E-state index contributed by atoms with van der Waals surface area (Å²) in [4.78, 5) is 6.73. The van der Waals surface area contributed by atoms with Gasteiger partial charge in [-0.2, -0.15) is 5.10 Å². The molecule has 0 saturated carbocycles. The minimum Gasteiger partial charge on any atom is -0.391 e. The van der Waals surface area contributed by atoms with Gasteiger partial charge in [-0.15, -0.1) is 0 Å². The molecular weight excluding hydrogens is 360 g/mol. The van der Waals surface area contributed by atoms with Gasteiger partial charge in [-0.1, -0.05) is 36.7 Å². The smallest absolute Gasteiger partial charge is 0.131 e. The van der Waals surface area contributed by atoms with Gasteiger partial charge in [-0.05, 0) is 30.5 Å². The molecule has 142 valence electrons. The third-order valence-corrected chi connectivity index (χ3v) is 6.05. The molecule has 0 radical (unpaired) electrons. The summed E-state index contributed by atoms with van der Waals surface area (Å²) >= 11 is 6.44. The van der Waals surface area contributed by atoms with Gasteiger partial charge < -0.3 is 5.11 Å². The molecule has 5 nitrogen and oxygen atoms in total. The second kappa shape index (κ2) is 7.58. The molecule has 0 amide bonds. The van der Waals surface area contributed by atoms with Gasteiger partial charge in [-0.3, -0.25) is 14.6 Å². The van der Waals surface area contributed by atoms with Gasteiger partial charge in [0, 0.05) is 49.7 Å². The Balaban J connectivity index is 1.50. The first-order chi connectivity index (χ1) is 13.1. The number of likely N-dealkylation sites (tertiary alicyclic amines) is 1. The fourth-order valence-electron chi connectivity index (χ4n) is 4.15. The molecule has 0 unspecified atom stereocenters. The Labute approximate surface area is 164 Å². The molecule has 2 atom stereocenters. The SMILES string of the molecule is CCc1nn(C)c(Cl)c1CN1C[C@@H](Cc2ccnc3ccccc23)[C@H](O)C1. The molecule has 0 bridgehead atoms. The highest BCUT2D eigenvalue weighted by Gasteiger charge is 2.32. The molecule has 1 fully saturated rings. The van der Waals surface area contributed by atoms with Crippen LogP contribution < -0.4 is 0 Å². The molecule has 2 aromatic heterocycles. The normalized spacial score (nSPS) is 20.6. The number of aliphatic hydroxyl groups is 1. The topological polar surface area (TPSA) is 54.2 Å². The lowest BCUT2D eigenvalue weighted by Crippen LogP contribution is -2.22. The summed E-state index contributed by atoms with van der Waals surface area (Å²) in [6.07, 6.45) is 3.23. The van der Waals surface area contributed by atoms with Gasteiger partial charge in [0.25, 0.3) is 0 Å². The monoisotopic (exact) mass is 384 g/mol. The second-order valence-corrected chi connectivity index (χ2v) is 7.76. The number of aromatic nitrogens is 3. The van der Waals surface area contributed by atoms with Crippen molar-refractivity contribution in [3.05, 3.63) is 58.5 Å². The Morgan fingerprint density at radius 3 is 2.85 bits per heavy atom. The number of rotatable bonds is 5. The van der Waals surface area contributed by atoms with Crippen LogP contribution in [0.4, 0.5) is 0 Å². The summed E-state index contributed by atoms with van der Waals surface area (Å²) in [5.74, 6) is 0.205. The van der Waals surface area contributed by atoms with Crippen LogP contribution in [0.3, 0.4) is 0 Å². The molecule has 0 aliphatic carbocycles. The quantitative estimate of drug-likeness (QED) is 0.733. The number of hydrogen-bond donors (Lipinski definition) is 1. The highest BCUT2D eigenvalue weighted by atomic mass is 35.5. The van der Waals surface area contributed by atoms with E-state index >= 15 is 0 Å². The molecule has 1 aliphatic rings. The van der Waals surface area contributed by atoms with E-state index in [0.29, 0.717) is 11.7 Å². The van der Waals surface area contributed by atoms with Gasteiger partial charge in [0.2, 0.25) is 0 Å². The zero-order valence-corrected chi connectivity index (χ0v) is 16.5. The zero-order chi connectivity index (χ0) is 19.0. The molecule has 6 heteroatoms. The molecule has 3 aromatic rings. The Hall–Kier alpha value is -1.95. The van der Waals surface area contributed by atoms with Crippen molar-refractivity contribution in [2.24, 2.45) is 13.0 Å². The molecule has 27 heavy (non-hydrogen) atoms. The molecule has 1 aliphatic heterocycles. The van der Waals surface area contributed by atoms with Crippen LogP contribution >= 0.6 is 11.6 Å². The van der Waals surface area contributed by atoms with Crippen LogP contribution in [0.5, 0.6) is 0 Å². The summed E-state index contributed by atoms with van der Waals surface area (Å²) in [6, 6.07) is 10.3. The summed E-state index contributed by atoms with van der Waals surface area (Å²) in [6.45, 7) is 4.35. The van der Waals surface area contributed by atoms with Crippen LogP contribution in [0.2, 0.25) is 5.15 Å². The minimum absolute atomic E-state index is 0.205. The van der Waals surface area contributed by atoms with E-state index < -0.39 is 0 Å². The maximum Gasteiger partial charge on any atom is 0.131 e. The Morgan fingerprint density at radius 1 is 1.22 bits per heavy atom. The highest BCUT2D eigenvalue weighted by molar-refractivity contribution is 6.30. The van der Waals surface area contributed by atoms with Crippen molar-refractivity contribution in [1.29, 1.82) is 0 Å². The van der Waals surface area contributed by atoms with Crippen molar-refractivity contribution in [2.75, 3.05) is 13.1 Å². The van der Waals surface area contributed by atoms with E-state index in [4.69, 9.17) is 11.6 Å². The van der Waals surface area contributed by atoms with Gasteiger partial charge in [-0.25, -0.2) is 0 Å². The molecular formula is C21H25ClN4O. The predicted molar refractivity (Wildman–Crippen MR) is 108 cm³/mol. The summed E-state index contributed by atoms with van der Waals surface area (Å²) in [5.41, 5.74) is 4.39. The van der Waals surface area contributed by atoms with Crippen molar-refractivity contribution < 1.29 is 5.11 Å². The predicted octanol–water partition coefficient (Wildman–Crippen LogP) is 3.22. The fraction of sp³-hybridized carbons (Fsp3) is 0.429. The number of pyridine rings is 1. The van der Waals surface area contributed by atoms with E-state index in [1.165, 1.54) is 10.9 Å². The third kappa shape index (κ3) is 3.59.